The van der Waals surface area contributed by atoms with Gasteiger partial charge in [-0.25, -0.2) is 9.98 Å². The lowest BCUT2D eigenvalue weighted by Crippen LogP contribution is -2.29. The number of nitrogens with zero attached hydrogens (tertiary/aromatic N) is 4. The van der Waals surface area contributed by atoms with Crippen molar-refractivity contribution in [3.8, 4) is 11.3 Å². The molecule has 1 aliphatic rings. The van der Waals surface area contributed by atoms with E-state index in [-0.39, 0.29) is 11.6 Å². The third-order valence-electron chi connectivity index (χ3n) is 4.80. The maximum Gasteiger partial charge on any atom is 0.280 e. The molecule has 33 heavy (non-hydrogen) atoms. The van der Waals surface area contributed by atoms with Crippen molar-refractivity contribution in [2.75, 3.05) is 6.54 Å². The molecule has 4 rings (SSSR count). The lowest BCUT2D eigenvalue weighted by molar-refractivity contribution is -0.384. The van der Waals surface area contributed by atoms with E-state index in [1.54, 1.807) is 49.4 Å². The number of hydrogen-bond acceptors (Lipinski definition) is 7. The van der Waals surface area contributed by atoms with Crippen LogP contribution in [-0.4, -0.2) is 32.4 Å². The van der Waals surface area contributed by atoms with Gasteiger partial charge in [-0.2, -0.15) is 0 Å². The summed E-state index contributed by atoms with van der Waals surface area (Å²) < 4.78 is 5.84. The predicted octanol–water partition coefficient (Wildman–Crippen LogP) is 5.66. The molecule has 1 fully saturated rings. The molecule has 1 amide bonds. The molecule has 0 atom stereocenters. The molecule has 0 unspecified atom stereocenters. The topological polar surface area (TPSA) is 102 Å². The molecule has 3 heterocycles. The second kappa shape index (κ2) is 9.25. The van der Waals surface area contributed by atoms with Crippen molar-refractivity contribution in [3.63, 3.8) is 0 Å². The predicted molar refractivity (Wildman–Crippen MR) is 129 cm³/mol. The number of aromatic nitrogens is 1. The fraction of sp³-hybridized carbons (Fsp3) is 0.125. The highest BCUT2D eigenvalue weighted by Gasteiger charge is 2.33. The summed E-state index contributed by atoms with van der Waals surface area (Å²) in [6.07, 6.45) is 3.24. The first-order chi connectivity index (χ1) is 15.9. The number of rotatable bonds is 6. The molecule has 166 valence electrons. The molecule has 1 aliphatic heterocycles. The van der Waals surface area contributed by atoms with Crippen LogP contribution in [0.15, 0.2) is 75.5 Å². The number of amides is 1. The first-order valence-corrected chi connectivity index (χ1v) is 10.9. The summed E-state index contributed by atoms with van der Waals surface area (Å²) in [5.74, 6) is 1.03. The van der Waals surface area contributed by atoms with Crippen LogP contribution in [0.5, 0.6) is 0 Å². The maximum absolute atomic E-state index is 13.0. The standard InChI is InChI=1S/C24H20N4O4S/c1-4-12-27-23(29)21(33-24(27)26-22-7-5-6-16(3)25-22)14-17-9-11-20(32-17)18-10-8-15(2)13-19(18)28(30)31/h4-11,13-14H,1,12H2,2-3H3/b21-14+,26-24+. The number of amidine groups is 1. The van der Waals surface area contributed by atoms with E-state index in [0.29, 0.717) is 39.5 Å². The molecule has 0 N–H and O–H groups in total. The highest BCUT2D eigenvalue weighted by Crippen LogP contribution is 2.36. The lowest BCUT2D eigenvalue weighted by Gasteiger charge is -2.12. The zero-order valence-electron chi connectivity index (χ0n) is 18.0. The van der Waals surface area contributed by atoms with E-state index in [1.807, 2.05) is 19.1 Å². The second-order valence-electron chi connectivity index (χ2n) is 7.33. The van der Waals surface area contributed by atoms with Crippen molar-refractivity contribution in [1.29, 1.82) is 0 Å². The number of carbonyl (C=O) groups excluding carboxylic acids is 1. The molecule has 1 saturated heterocycles. The van der Waals surface area contributed by atoms with Gasteiger partial charge in [-0.3, -0.25) is 19.8 Å². The molecule has 9 heteroatoms. The minimum atomic E-state index is -0.436. The van der Waals surface area contributed by atoms with Gasteiger partial charge in [-0.05, 0) is 61.5 Å². The van der Waals surface area contributed by atoms with Gasteiger partial charge in [0.15, 0.2) is 11.0 Å². The van der Waals surface area contributed by atoms with Gasteiger partial charge in [0, 0.05) is 24.4 Å². The van der Waals surface area contributed by atoms with Crippen LogP contribution in [0.3, 0.4) is 0 Å². The Morgan fingerprint density at radius 1 is 1.24 bits per heavy atom. The number of furan rings is 1. The first kappa shape index (κ1) is 22.2. The fourth-order valence-electron chi connectivity index (χ4n) is 3.28. The van der Waals surface area contributed by atoms with Gasteiger partial charge in [0.05, 0.1) is 15.4 Å². The quantitative estimate of drug-likeness (QED) is 0.204. The van der Waals surface area contributed by atoms with Crippen LogP contribution in [0.25, 0.3) is 17.4 Å². The highest BCUT2D eigenvalue weighted by molar-refractivity contribution is 8.18. The molecule has 0 bridgehead atoms. The Bertz CT molecular complexity index is 1330. The minimum Gasteiger partial charge on any atom is -0.456 e. The smallest absolute Gasteiger partial charge is 0.280 e. The minimum absolute atomic E-state index is 0.0351. The van der Waals surface area contributed by atoms with Crippen LogP contribution >= 0.6 is 11.8 Å². The number of hydrogen-bond donors (Lipinski definition) is 0. The number of nitro groups is 1. The summed E-state index contributed by atoms with van der Waals surface area (Å²) in [6, 6.07) is 13.8. The number of nitro benzene ring substituents is 1. The van der Waals surface area contributed by atoms with Crippen LogP contribution in [0, 0.1) is 24.0 Å². The molecule has 1 aromatic carbocycles. The monoisotopic (exact) mass is 460 g/mol. The Hall–Kier alpha value is -3.98. The molecule has 8 nitrogen and oxygen atoms in total. The van der Waals surface area contributed by atoms with Crippen molar-refractivity contribution >= 4 is 40.4 Å². The number of pyridine rings is 1. The van der Waals surface area contributed by atoms with Gasteiger partial charge >= 0.3 is 0 Å². The molecular formula is C24H20N4O4S. The zero-order valence-corrected chi connectivity index (χ0v) is 18.8. The van der Waals surface area contributed by atoms with Crippen LogP contribution in [0.4, 0.5) is 11.5 Å². The van der Waals surface area contributed by atoms with Gasteiger partial charge in [0.2, 0.25) is 0 Å². The van der Waals surface area contributed by atoms with E-state index in [0.717, 1.165) is 11.3 Å². The van der Waals surface area contributed by atoms with Crippen molar-refractivity contribution in [2.24, 2.45) is 4.99 Å². The Labute approximate surface area is 194 Å². The Morgan fingerprint density at radius 2 is 2.06 bits per heavy atom. The number of aryl methyl sites for hydroxylation is 2. The third kappa shape index (κ3) is 4.78. The molecule has 2 aromatic heterocycles. The Balaban J connectivity index is 1.66. The van der Waals surface area contributed by atoms with Crippen molar-refractivity contribution in [3.05, 3.63) is 93.2 Å². The molecule has 0 aliphatic carbocycles. The number of carbonyl (C=O) groups is 1. The first-order valence-electron chi connectivity index (χ1n) is 10.1. The van der Waals surface area contributed by atoms with Gasteiger partial charge in [-0.1, -0.05) is 18.2 Å². The highest BCUT2D eigenvalue weighted by atomic mass is 32.2. The SMILES string of the molecule is C=CCN1C(=O)/C(=C\c2ccc(-c3ccc(C)cc3[N+](=O)[O-])o2)S/C1=N/c1cccc(C)n1. The number of aliphatic imine (C=N–C) groups is 1. The Morgan fingerprint density at radius 3 is 2.79 bits per heavy atom. The normalized spacial score (nSPS) is 16.1. The van der Waals surface area contributed by atoms with E-state index < -0.39 is 4.92 Å². The van der Waals surface area contributed by atoms with Crippen molar-refractivity contribution in [2.45, 2.75) is 13.8 Å². The van der Waals surface area contributed by atoms with E-state index >= 15 is 0 Å². The van der Waals surface area contributed by atoms with E-state index in [4.69, 9.17) is 4.42 Å². The molecule has 0 radical (unpaired) electrons. The van der Waals surface area contributed by atoms with Crippen LogP contribution in [-0.2, 0) is 4.79 Å². The molecule has 0 saturated carbocycles. The average Bonchev–Trinajstić information content (AvgIpc) is 3.34. The molecule has 3 aromatic rings. The summed E-state index contributed by atoms with van der Waals surface area (Å²) in [7, 11) is 0. The number of thioether (sulfide) groups is 1. The van der Waals surface area contributed by atoms with Crippen molar-refractivity contribution < 1.29 is 14.1 Å². The summed E-state index contributed by atoms with van der Waals surface area (Å²) in [5, 5.41) is 11.9. The fourth-order valence-corrected chi connectivity index (χ4v) is 4.25. The van der Waals surface area contributed by atoms with Gasteiger partial charge < -0.3 is 4.42 Å². The van der Waals surface area contributed by atoms with Crippen LogP contribution < -0.4 is 0 Å². The lowest BCUT2D eigenvalue weighted by atomic mass is 10.1. The maximum atomic E-state index is 13.0. The van der Waals surface area contributed by atoms with E-state index in [2.05, 4.69) is 16.6 Å². The molecule has 0 spiro atoms. The summed E-state index contributed by atoms with van der Waals surface area (Å²) in [4.78, 5) is 34.8. The zero-order chi connectivity index (χ0) is 23.5. The van der Waals surface area contributed by atoms with Gasteiger partial charge in [0.25, 0.3) is 11.6 Å². The summed E-state index contributed by atoms with van der Waals surface area (Å²) in [6.45, 7) is 7.68. The van der Waals surface area contributed by atoms with E-state index in [9.17, 15) is 14.9 Å². The van der Waals surface area contributed by atoms with Gasteiger partial charge in [0.1, 0.15) is 11.5 Å². The average molecular weight is 461 g/mol. The third-order valence-corrected chi connectivity index (χ3v) is 5.81. The summed E-state index contributed by atoms with van der Waals surface area (Å²) >= 11 is 1.21. The molecular weight excluding hydrogens is 440 g/mol. The van der Waals surface area contributed by atoms with Crippen molar-refractivity contribution in [1.82, 2.24) is 9.88 Å². The van der Waals surface area contributed by atoms with E-state index in [1.165, 1.54) is 22.7 Å². The van der Waals surface area contributed by atoms with Crippen LogP contribution in [0.1, 0.15) is 17.0 Å². The summed E-state index contributed by atoms with van der Waals surface area (Å²) in [5.41, 5.74) is 1.95. The van der Waals surface area contributed by atoms with Gasteiger partial charge in [-0.15, -0.1) is 6.58 Å². The second-order valence-corrected chi connectivity index (χ2v) is 8.34. The Kier molecular flexibility index (Phi) is 6.23. The van der Waals surface area contributed by atoms with Crippen LogP contribution in [0.2, 0.25) is 0 Å². The number of benzene rings is 1. The largest absolute Gasteiger partial charge is 0.456 e.